The fourth-order valence-electron chi connectivity index (χ4n) is 3.16. The summed E-state index contributed by atoms with van der Waals surface area (Å²) in [4.78, 5) is 14.4. The highest BCUT2D eigenvalue weighted by atomic mass is 32.2. The molecule has 0 atom stereocenters. The second kappa shape index (κ2) is 8.97. The van der Waals surface area contributed by atoms with Crippen molar-refractivity contribution in [2.45, 2.75) is 30.7 Å². The van der Waals surface area contributed by atoms with Gasteiger partial charge in [0.2, 0.25) is 15.9 Å². The van der Waals surface area contributed by atoms with Crippen LogP contribution in [0.5, 0.6) is 0 Å². The molecule has 8 heteroatoms. The van der Waals surface area contributed by atoms with Crippen LogP contribution in [-0.2, 0) is 21.4 Å². The van der Waals surface area contributed by atoms with Gasteiger partial charge >= 0.3 is 0 Å². The van der Waals surface area contributed by atoms with Gasteiger partial charge in [-0.1, -0.05) is 6.42 Å². The Hall–Kier alpha value is -1.74. The lowest BCUT2D eigenvalue weighted by atomic mass is 10.2. The molecule has 3 rings (SSSR count). The van der Waals surface area contributed by atoms with Gasteiger partial charge in [0, 0.05) is 25.3 Å². The second-order valence-electron chi connectivity index (χ2n) is 6.84. The van der Waals surface area contributed by atoms with Crippen LogP contribution in [0, 0.1) is 0 Å². The standard InChI is InChI=1S/C19H25N3O3S2/c1-21(13-16-9-12-26-15-16)14-19(23)20-17-5-7-18(8-6-17)27(24,25)22-10-3-2-4-11-22/h5-9,12,15H,2-4,10-11,13-14H2,1H3,(H,20,23). The van der Waals surface area contributed by atoms with Gasteiger partial charge in [-0.15, -0.1) is 0 Å². The number of carbonyl (C=O) groups is 1. The lowest BCUT2D eigenvalue weighted by Crippen LogP contribution is -2.35. The van der Waals surface area contributed by atoms with Crippen molar-refractivity contribution in [2.24, 2.45) is 0 Å². The van der Waals surface area contributed by atoms with E-state index in [4.69, 9.17) is 0 Å². The third-order valence-corrected chi connectivity index (χ3v) is 7.18. The van der Waals surface area contributed by atoms with E-state index in [2.05, 4.69) is 10.7 Å². The summed E-state index contributed by atoms with van der Waals surface area (Å²) in [5, 5.41) is 6.91. The first kappa shape index (κ1) is 20.0. The minimum absolute atomic E-state index is 0.126. The average Bonchev–Trinajstić information content (AvgIpc) is 3.15. The van der Waals surface area contributed by atoms with E-state index in [1.165, 1.54) is 5.56 Å². The summed E-state index contributed by atoms with van der Waals surface area (Å²) in [6.07, 6.45) is 2.90. The summed E-state index contributed by atoms with van der Waals surface area (Å²) < 4.78 is 26.8. The molecule has 1 amide bonds. The number of rotatable bonds is 7. The Kier molecular flexibility index (Phi) is 6.64. The maximum Gasteiger partial charge on any atom is 0.243 e. The van der Waals surface area contributed by atoms with Gasteiger partial charge < -0.3 is 5.32 Å². The molecule has 0 bridgehead atoms. The van der Waals surface area contributed by atoms with E-state index in [0.717, 1.165) is 19.3 Å². The van der Waals surface area contributed by atoms with Crippen LogP contribution in [0.25, 0.3) is 0 Å². The van der Waals surface area contributed by atoms with Crippen molar-refractivity contribution < 1.29 is 13.2 Å². The number of amides is 1. The highest BCUT2D eigenvalue weighted by Crippen LogP contribution is 2.22. The number of sulfonamides is 1. The van der Waals surface area contributed by atoms with Crippen molar-refractivity contribution >= 4 is 33.0 Å². The fraction of sp³-hybridized carbons (Fsp3) is 0.421. The molecule has 146 valence electrons. The van der Waals surface area contributed by atoms with Crippen LogP contribution >= 0.6 is 11.3 Å². The van der Waals surface area contributed by atoms with Crippen LogP contribution in [0.4, 0.5) is 5.69 Å². The number of anilines is 1. The second-order valence-corrected chi connectivity index (χ2v) is 9.56. The van der Waals surface area contributed by atoms with E-state index in [9.17, 15) is 13.2 Å². The molecule has 1 fully saturated rings. The van der Waals surface area contributed by atoms with Crippen LogP contribution < -0.4 is 5.32 Å². The molecule has 1 aliphatic rings. The minimum atomic E-state index is -3.44. The maximum atomic E-state index is 12.7. The van der Waals surface area contributed by atoms with Gasteiger partial charge in [-0.05, 0) is 66.5 Å². The minimum Gasteiger partial charge on any atom is -0.325 e. The van der Waals surface area contributed by atoms with Crippen molar-refractivity contribution in [3.05, 3.63) is 46.7 Å². The normalized spacial score (nSPS) is 15.8. The number of hydrogen-bond acceptors (Lipinski definition) is 5. The van der Waals surface area contributed by atoms with Crippen LogP contribution in [0.3, 0.4) is 0 Å². The molecule has 1 aromatic carbocycles. The topological polar surface area (TPSA) is 69.7 Å². The molecule has 0 unspecified atom stereocenters. The highest BCUT2D eigenvalue weighted by molar-refractivity contribution is 7.89. The van der Waals surface area contributed by atoms with Crippen LogP contribution in [0.2, 0.25) is 0 Å². The molecule has 2 aromatic rings. The van der Waals surface area contributed by atoms with Crippen molar-refractivity contribution in [2.75, 3.05) is 32.0 Å². The summed E-state index contributed by atoms with van der Waals surface area (Å²) >= 11 is 1.64. The molecule has 1 aliphatic heterocycles. The van der Waals surface area contributed by atoms with E-state index < -0.39 is 10.0 Å². The molecule has 1 N–H and O–H groups in total. The van der Waals surface area contributed by atoms with E-state index in [0.29, 0.717) is 25.3 Å². The first-order valence-corrected chi connectivity index (χ1v) is 11.4. The summed E-state index contributed by atoms with van der Waals surface area (Å²) in [5.41, 5.74) is 1.78. The number of nitrogens with one attached hydrogen (secondary N) is 1. The molecule has 2 heterocycles. The number of benzene rings is 1. The van der Waals surface area contributed by atoms with Gasteiger partial charge in [0.05, 0.1) is 11.4 Å². The third-order valence-electron chi connectivity index (χ3n) is 4.54. The van der Waals surface area contributed by atoms with Gasteiger partial charge in [0.25, 0.3) is 0 Å². The molecular formula is C19H25N3O3S2. The van der Waals surface area contributed by atoms with Crippen molar-refractivity contribution in [1.29, 1.82) is 0 Å². The van der Waals surface area contributed by atoms with E-state index in [1.807, 2.05) is 23.4 Å². The number of carbonyl (C=O) groups excluding carboxylic acids is 1. The number of thiophene rings is 1. The number of piperidine rings is 1. The van der Waals surface area contributed by atoms with Crippen molar-refractivity contribution in [1.82, 2.24) is 9.21 Å². The van der Waals surface area contributed by atoms with Gasteiger partial charge in [-0.3, -0.25) is 9.69 Å². The molecule has 0 saturated carbocycles. The van der Waals surface area contributed by atoms with Crippen LogP contribution in [0.1, 0.15) is 24.8 Å². The molecule has 1 aromatic heterocycles. The van der Waals surface area contributed by atoms with Gasteiger partial charge in [0.15, 0.2) is 0 Å². The predicted molar refractivity (Wildman–Crippen MR) is 108 cm³/mol. The Morgan fingerprint density at radius 2 is 1.85 bits per heavy atom. The molecule has 27 heavy (non-hydrogen) atoms. The average molecular weight is 408 g/mol. The molecule has 0 aliphatic carbocycles. The lowest BCUT2D eigenvalue weighted by Gasteiger charge is -2.25. The SMILES string of the molecule is CN(CC(=O)Nc1ccc(S(=O)(=O)N2CCCCC2)cc1)Cc1ccsc1. The number of hydrogen-bond donors (Lipinski definition) is 1. The third kappa shape index (κ3) is 5.38. The Morgan fingerprint density at radius 1 is 1.15 bits per heavy atom. The fourth-order valence-corrected chi connectivity index (χ4v) is 5.34. The largest absolute Gasteiger partial charge is 0.325 e. The highest BCUT2D eigenvalue weighted by Gasteiger charge is 2.25. The smallest absolute Gasteiger partial charge is 0.243 e. The Morgan fingerprint density at radius 3 is 2.48 bits per heavy atom. The zero-order valence-corrected chi connectivity index (χ0v) is 17.1. The molecule has 0 spiro atoms. The van der Waals surface area contributed by atoms with E-state index >= 15 is 0 Å². The first-order valence-electron chi connectivity index (χ1n) is 9.05. The number of likely N-dealkylation sites (N-methyl/N-ethyl adjacent to an activating group) is 1. The Balaban J connectivity index is 1.56. The molecule has 6 nitrogen and oxygen atoms in total. The molecular weight excluding hydrogens is 382 g/mol. The lowest BCUT2D eigenvalue weighted by molar-refractivity contribution is -0.117. The molecule has 1 saturated heterocycles. The zero-order chi connectivity index (χ0) is 19.3. The monoisotopic (exact) mass is 407 g/mol. The summed E-state index contributed by atoms with van der Waals surface area (Å²) in [7, 11) is -1.55. The predicted octanol–water partition coefficient (Wildman–Crippen LogP) is 2.99. The number of nitrogens with zero attached hydrogens (tertiary/aromatic N) is 2. The quantitative estimate of drug-likeness (QED) is 0.766. The summed E-state index contributed by atoms with van der Waals surface area (Å²) in [6.45, 7) is 2.14. The van der Waals surface area contributed by atoms with Crippen molar-refractivity contribution in [3.8, 4) is 0 Å². The summed E-state index contributed by atoms with van der Waals surface area (Å²) in [6, 6.07) is 8.46. The van der Waals surface area contributed by atoms with Gasteiger partial charge in [0.1, 0.15) is 0 Å². The zero-order valence-electron chi connectivity index (χ0n) is 15.4. The first-order chi connectivity index (χ1) is 12.9. The van der Waals surface area contributed by atoms with Crippen LogP contribution in [-0.4, -0.2) is 50.2 Å². The van der Waals surface area contributed by atoms with Gasteiger partial charge in [-0.25, -0.2) is 8.42 Å². The maximum absolute atomic E-state index is 12.7. The van der Waals surface area contributed by atoms with E-state index in [1.54, 1.807) is 39.9 Å². The van der Waals surface area contributed by atoms with Crippen LogP contribution in [0.15, 0.2) is 46.0 Å². The Bertz CT molecular complexity index is 843. The Labute approximate surface area is 164 Å². The van der Waals surface area contributed by atoms with Gasteiger partial charge in [-0.2, -0.15) is 15.6 Å². The summed E-state index contributed by atoms with van der Waals surface area (Å²) in [5.74, 6) is -0.126. The molecule has 0 radical (unpaired) electrons. The van der Waals surface area contributed by atoms with Crippen molar-refractivity contribution in [3.63, 3.8) is 0 Å². The van der Waals surface area contributed by atoms with E-state index in [-0.39, 0.29) is 17.3 Å².